The van der Waals surface area contributed by atoms with Crippen LogP contribution in [0.3, 0.4) is 0 Å². The van der Waals surface area contributed by atoms with Crippen molar-refractivity contribution in [3.8, 4) is 22.9 Å². The van der Waals surface area contributed by atoms with Gasteiger partial charge in [-0.1, -0.05) is 6.07 Å². The van der Waals surface area contributed by atoms with Gasteiger partial charge in [-0.25, -0.2) is 0 Å². The fourth-order valence-corrected chi connectivity index (χ4v) is 4.13. The Balaban J connectivity index is 1.66. The number of benzene rings is 2. The average molecular weight is 335 g/mol. The minimum atomic E-state index is -1.06. The number of aromatic nitrogens is 1. The molecule has 3 N–H and O–H groups in total. The smallest absolute Gasteiger partial charge is 0.157 e. The largest absolute Gasteiger partial charge is 0.504 e. The van der Waals surface area contributed by atoms with Gasteiger partial charge in [-0.2, -0.15) is 0 Å². The molecule has 5 nitrogen and oxygen atoms in total. The molecule has 0 unspecified atom stereocenters. The summed E-state index contributed by atoms with van der Waals surface area (Å²) >= 11 is 0. The van der Waals surface area contributed by atoms with Crippen molar-refractivity contribution in [1.82, 2.24) is 4.57 Å². The molecule has 5 rings (SSSR count). The second-order valence-corrected chi connectivity index (χ2v) is 6.85. The summed E-state index contributed by atoms with van der Waals surface area (Å²) in [5, 5.41) is 30.8. The molecule has 0 amide bonds. The number of phenols is 2. The van der Waals surface area contributed by atoms with E-state index in [1.165, 1.54) is 6.07 Å². The first-order chi connectivity index (χ1) is 12.0. The van der Waals surface area contributed by atoms with E-state index in [1.54, 1.807) is 6.07 Å². The van der Waals surface area contributed by atoms with E-state index in [9.17, 15) is 15.3 Å². The van der Waals surface area contributed by atoms with Gasteiger partial charge in [0, 0.05) is 42.0 Å². The van der Waals surface area contributed by atoms with Crippen molar-refractivity contribution in [2.75, 3.05) is 6.61 Å². The Bertz CT molecular complexity index is 980. The van der Waals surface area contributed by atoms with Crippen LogP contribution in [0.15, 0.2) is 54.9 Å². The highest BCUT2D eigenvalue weighted by Crippen LogP contribution is 2.52. The van der Waals surface area contributed by atoms with E-state index in [1.807, 2.05) is 47.3 Å². The van der Waals surface area contributed by atoms with Crippen molar-refractivity contribution in [1.29, 1.82) is 0 Å². The van der Waals surface area contributed by atoms with Crippen molar-refractivity contribution in [3.63, 3.8) is 0 Å². The maximum absolute atomic E-state index is 11.1. The molecule has 2 heterocycles. The second kappa shape index (κ2) is 4.80. The normalized spacial score (nSPS) is 23.5. The average Bonchev–Trinajstić information content (AvgIpc) is 3.21. The Morgan fingerprint density at radius 2 is 1.76 bits per heavy atom. The summed E-state index contributed by atoms with van der Waals surface area (Å²) in [6.45, 7) is 0.177. The topological polar surface area (TPSA) is 74.9 Å². The monoisotopic (exact) mass is 335 g/mol. The van der Waals surface area contributed by atoms with Crippen LogP contribution >= 0.6 is 0 Å². The summed E-state index contributed by atoms with van der Waals surface area (Å²) in [7, 11) is 0. The Morgan fingerprint density at radius 1 is 1.00 bits per heavy atom. The molecule has 1 aliphatic carbocycles. The van der Waals surface area contributed by atoms with Crippen molar-refractivity contribution in [2.45, 2.75) is 17.9 Å². The van der Waals surface area contributed by atoms with Gasteiger partial charge in [0.1, 0.15) is 18.0 Å². The van der Waals surface area contributed by atoms with Crippen molar-refractivity contribution >= 4 is 0 Å². The minimum Gasteiger partial charge on any atom is -0.504 e. The van der Waals surface area contributed by atoms with Crippen LogP contribution in [0.2, 0.25) is 0 Å². The molecule has 0 radical (unpaired) electrons. The Labute approximate surface area is 144 Å². The number of nitrogens with zero attached hydrogens (tertiary/aromatic N) is 1. The molecule has 5 heteroatoms. The quantitative estimate of drug-likeness (QED) is 0.598. The van der Waals surface area contributed by atoms with Crippen LogP contribution in [0.4, 0.5) is 0 Å². The SMILES string of the molecule is Oc1cc2c(cc1O)[C@@H]1c3ccc(-n4cccc4)cc3OC[C@]1(O)C2. The van der Waals surface area contributed by atoms with Crippen LogP contribution in [-0.2, 0) is 6.42 Å². The zero-order chi connectivity index (χ0) is 17.2. The van der Waals surface area contributed by atoms with Crippen LogP contribution < -0.4 is 4.74 Å². The van der Waals surface area contributed by atoms with Gasteiger partial charge < -0.3 is 24.6 Å². The van der Waals surface area contributed by atoms with Gasteiger partial charge in [-0.3, -0.25) is 0 Å². The van der Waals surface area contributed by atoms with Crippen LogP contribution in [-0.4, -0.2) is 32.1 Å². The number of aliphatic hydroxyl groups is 1. The van der Waals surface area contributed by atoms with Crippen molar-refractivity contribution in [3.05, 3.63) is 71.5 Å². The van der Waals surface area contributed by atoms with Gasteiger partial charge in [0.25, 0.3) is 0 Å². The predicted molar refractivity (Wildman–Crippen MR) is 91.5 cm³/mol. The van der Waals surface area contributed by atoms with E-state index in [-0.39, 0.29) is 24.0 Å². The standard InChI is InChI=1S/C20H17NO4/c22-16-7-12-10-20(24)11-25-18-8-13(21-5-1-2-6-21)3-4-14(18)19(20)15(12)9-17(16)23/h1-9,19,22-24H,10-11H2/t19-,20+/m0/s1. The number of ether oxygens (including phenoxy) is 1. The number of rotatable bonds is 1. The number of hydrogen-bond donors (Lipinski definition) is 3. The van der Waals surface area contributed by atoms with E-state index in [0.29, 0.717) is 6.42 Å². The molecule has 0 fully saturated rings. The molecule has 2 atom stereocenters. The summed E-state index contributed by atoms with van der Waals surface area (Å²) in [4.78, 5) is 0. The number of aromatic hydroxyl groups is 2. The Kier molecular flexibility index (Phi) is 2.77. The molecule has 0 saturated heterocycles. The fraction of sp³-hybridized carbons (Fsp3) is 0.200. The summed E-state index contributed by atoms with van der Waals surface area (Å²) < 4.78 is 7.88. The molecule has 126 valence electrons. The fourth-order valence-electron chi connectivity index (χ4n) is 4.13. The van der Waals surface area contributed by atoms with E-state index >= 15 is 0 Å². The summed E-state index contributed by atoms with van der Waals surface area (Å²) in [5.74, 6) is 0.128. The first-order valence-electron chi connectivity index (χ1n) is 8.22. The highest BCUT2D eigenvalue weighted by molar-refractivity contribution is 5.59. The lowest BCUT2D eigenvalue weighted by molar-refractivity contribution is -0.0217. The van der Waals surface area contributed by atoms with Gasteiger partial charge in [-0.05, 0) is 41.5 Å². The molecule has 0 bridgehead atoms. The minimum absolute atomic E-state index is 0.162. The maximum atomic E-state index is 11.1. The maximum Gasteiger partial charge on any atom is 0.157 e. The zero-order valence-electron chi connectivity index (χ0n) is 13.4. The van der Waals surface area contributed by atoms with Crippen LogP contribution in [0, 0.1) is 0 Å². The molecule has 0 saturated carbocycles. The van der Waals surface area contributed by atoms with E-state index in [2.05, 4.69) is 0 Å². The van der Waals surface area contributed by atoms with E-state index < -0.39 is 5.60 Å². The molecule has 1 aliphatic heterocycles. The van der Waals surface area contributed by atoms with Gasteiger partial charge in [0.2, 0.25) is 0 Å². The summed E-state index contributed by atoms with van der Waals surface area (Å²) in [6.07, 6.45) is 4.32. The summed E-state index contributed by atoms with van der Waals surface area (Å²) in [5.41, 5.74) is 2.50. The molecule has 2 aromatic carbocycles. The zero-order valence-corrected chi connectivity index (χ0v) is 13.4. The molecule has 25 heavy (non-hydrogen) atoms. The molecule has 0 spiro atoms. The third-order valence-electron chi connectivity index (χ3n) is 5.27. The molecule has 2 aliphatic rings. The number of hydrogen-bond acceptors (Lipinski definition) is 4. The van der Waals surface area contributed by atoms with Crippen LogP contribution in [0.5, 0.6) is 17.2 Å². The van der Waals surface area contributed by atoms with Gasteiger partial charge in [0.05, 0.1) is 0 Å². The highest BCUT2D eigenvalue weighted by atomic mass is 16.5. The molecular formula is C20H17NO4. The lowest BCUT2D eigenvalue weighted by atomic mass is 9.80. The molecule has 3 aromatic rings. The Hall–Kier alpha value is -2.92. The molecular weight excluding hydrogens is 318 g/mol. The molecule has 1 aromatic heterocycles. The predicted octanol–water partition coefficient (Wildman–Crippen LogP) is 2.70. The van der Waals surface area contributed by atoms with Gasteiger partial charge in [0.15, 0.2) is 11.5 Å². The third-order valence-corrected chi connectivity index (χ3v) is 5.27. The number of phenolic OH excluding ortho intramolecular Hbond substituents is 2. The van der Waals surface area contributed by atoms with Crippen molar-refractivity contribution < 1.29 is 20.1 Å². The van der Waals surface area contributed by atoms with Crippen LogP contribution in [0.1, 0.15) is 22.6 Å². The third kappa shape index (κ3) is 1.99. The second-order valence-electron chi connectivity index (χ2n) is 6.85. The first kappa shape index (κ1) is 14.4. The van der Waals surface area contributed by atoms with E-state index in [4.69, 9.17) is 4.74 Å². The van der Waals surface area contributed by atoms with Gasteiger partial charge in [-0.15, -0.1) is 0 Å². The van der Waals surface area contributed by atoms with Crippen LogP contribution in [0.25, 0.3) is 5.69 Å². The van der Waals surface area contributed by atoms with E-state index in [0.717, 1.165) is 28.1 Å². The summed E-state index contributed by atoms with van der Waals surface area (Å²) in [6, 6.07) is 12.9. The Morgan fingerprint density at radius 3 is 2.56 bits per heavy atom. The first-order valence-corrected chi connectivity index (χ1v) is 8.22. The lowest BCUT2D eigenvalue weighted by Crippen LogP contribution is -2.43. The van der Waals surface area contributed by atoms with Gasteiger partial charge >= 0.3 is 0 Å². The van der Waals surface area contributed by atoms with Crippen molar-refractivity contribution in [2.24, 2.45) is 0 Å². The highest BCUT2D eigenvalue weighted by Gasteiger charge is 2.50. The number of fused-ring (bicyclic) bond motifs is 5. The lowest BCUT2D eigenvalue weighted by Gasteiger charge is -2.36.